The predicted molar refractivity (Wildman–Crippen MR) is 94.9 cm³/mol. The van der Waals surface area contributed by atoms with Crippen LogP contribution in [0.25, 0.3) is 10.8 Å². The van der Waals surface area contributed by atoms with Gasteiger partial charge >= 0.3 is 10.1 Å². The number of quaternary nitrogens is 2. The monoisotopic (exact) mass is 442 g/mol. The Balaban J connectivity index is 0.00000338. The van der Waals surface area contributed by atoms with Crippen molar-refractivity contribution in [3.63, 3.8) is 0 Å². The average molecular weight is 442 g/mol. The van der Waals surface area contributed by atoms with Gasteiger partial charge in [-0.05, 0) is 18.4 Å². The molecule has 0 amide bonds. The number of rotatable bonds is 5. The first-order valence-corrected chi connectivity index (χ1v) is 10.5. The summed E-state index contributed by atoms with van der Waals surface area (Å²) < 4.78 is 98.4. The SMILES string of the molecule is C=C(C)OS(=O)(=O)c1c(S(=O)(=O)[O-])c(S(=O)(=O)[O-])cc2ccccc12.[NH4+].[NH4+]. The van der Waals surface area contributed by atoms with Crippen molar-refractivity contribution in [3.8, 4) is 0 Å². The van der Waals surface area contributed by atoms with E-state index >= 15 is 0 Å². The Bertz CT molecular complexity index is 1200. The zero-order chi connectivity index (χ0) is 19.2. The van der Waals surface area contributed by atoms with E-state index in [2.05, 4.69) is 10.8 Å². The van der Waals surface area contributed by atoms with Gasteiger partial charge in [-0.3, -0.25) is 0 Å². The van der Waals surface area contributed by atoms with Crippen LogP contribution in [-0.4, -0.2) is 34.4 Å². The fraction of sp³-hybridized carbons (Fsp3) is 0.0769. The van der Waals surface area contributed by atoms with E-state index in [9.17, 15) is 34.4 Å². The summed E-state index contributed by atoms with van der Waals surface area (Å²) in [7, 11) is -16.1. The molecule has 2 aromatic carbocycles. The first-order chi connectivity index (χ1) is 11.2. The molecule has 0 unspecified atom stereocenters. The summed E-state index contributed by atoms with van der Waals surface area (Å²) in [6, 6.07) is 5.73. The lowest BCUT2D eigenvalue weighted by Crippen LogP contribution is -2.16. The van der Waals surface area contributed by atoms with Crippen molar-refractivity contribution < 1.29 is 38.5 Å². The molecule has 11 nitrogen and oxygen atoms in total. The van der Waals surface area contributed by atoms with E-state index in [1.54, 1.807) is 0 Å². The molecule has 2 aromatic rings. The molecule has 0 aliphatic heterocycles. The molecular weight excluding hydrogens is 424 g/mol. The highest BCUT2D eigenvalue weighted by atomic mass is 32.2. The normalized spacial score (nSPS) is 12.0. The zero-order valence-corrected chi connectivity index (χ0v) is 16.9. The second kappa shape index (κ2) is 7.89. The lowest BCUT2D eigenvalue weighted by molar-refractivity contribution is 0.405. The van der Waals surface area contributed by atoms with Gasteiger partial charge in [0.05, 0.1) is 9.79 Å². The lowest BCUT2D eigenvalue weighted by atomic mass is 10.1. The van der Waals surface area contributed by atoms with Crippen molar-refractivity contribution in [2.24, 2.45) is 0 Å². The van der Waals surface area contributed by atoms with E-state index < -0.39 is 45.0 Å². The van der Waals surface area contributed by atoms with Crippen LogP contribution < -0.4 is 12.3 Å². The highest BCUT2D eigenvalue weighted by molar-refractivity contribution is 7.91. The fourth-order valence-corrected chi connectivity index (χ4v) is 5.95. The molecule has 2 rings (SSSR count). The van der Waals surface area contributed by atoms with Gasteiger partial charge in [-0.1, -0.05) is 30.8 Å². The van der Waals surface area contributed by atoms with Crippen LogP contribution in [0.15, 0.2) is 57.4 Å². The van der Waals surface area contributed by atoms with Crippen LogP contribution in [0.4, 0.5) is 0 Å². The van der Waals surface area contributed by atoms with E-state index in [-0.39, 0.29) is 28.8 Å². The Morgan fingerprint density at radius 2 is 1.44 bits per heavy atom. The molecule has 0 aromatic heterocycles. The second-order valence-electron chi connectivity index (χ2n) is 4.90. The van der Waals surface area contributed by atoms with Crippen molar-refractivity contribution in [2.75, 3.05) is 0 Å². The number of hydrogen-bond donors (Lipinski definition) is 2. The first-order valence-electron chi connectivity index (χ1n) is 6.32. The van der Waals surface area contributed by atoms with Crippen molar-refractivity contribution in [2.45, 2.75) is 21.6 Å². The maximum atomic E-state index is 12.4. The minimum Gasteiger partial charge on any atom is -0.744 e. The van der Waals surface area contributed by atoms with Crippen LogP contribution in [-0.2, 0) is 34.5 Å². The third-order valence-corrected chi connectivity index (χ3v) is 6.41. The summed E-state index contributed by atoms with van der Waals surface area (Å²) in [5.41, 5.74) is 0. The summed E-state index contributed by atoms with van der Waals surface area (Å²) >= 11 is 0. The summed E-state index contributed by atoms with van der Waals surface area (Å²) in [5.74, 6) is -0.367. The maximum absolute atomic E-state index is 12.4. The second-order valence-corrected chi connectivity index (χ2v) is 9.05. The minimum absolute atomic E-state index is 0. The Morgan fingerprint density at radius 3 is 1.89 bits per heavy atom. The Labute approximate surface area is 156 Å². The van der Waals surface area contributed by atoms with Crippen LogP contribution in [0.2, 0.25) is 0 Å². The molecule has 0 spiro atoms. The van der Waals surface area contributed by atoms with Gasteiger partial charge in [0, 0.05) is 5.39 Å². The van der Waals surface area contributed by atoms with Gasteiger partial charge in [0.1, 0.15) is 30.9 Å². The number of fused-ring (bicyclic) bond motifs is 1. The van der Waals surface area contributed by atoms with E-state index in [1.807, 2.05) is 0 Å². The third kappa shape index (κ3) is 5.01. The molecule has 8 N–H and O–H groups in total. The van der Waals surface area contributed by atoms with Crippen LogP contribution in [0.1, 0.15) is 6.92 Å². The highest BCUT2D eigenvalue weighted by Crippen LogP contribution is 2.36. The molecule has 0 heterocycles. The van der Waals surface area contributed by atoms with Gasteiger partial charge in [-0.25, -0.2) is 16.8 Å². The molecule has 0 radical (unpaired) electrons. The Morgan fingerprint density at radius 1 is 0.926 bits per heavy atom. The van der Waals surface area contributed by atoms with E-state index in [0.29, 0.717) is 6.07 Å². The molecule has 152 valence electrons. The summed E-state index contributed by atoms with van der Waals surface area (Å²) in [4.78, 5) is -4.37. The van der Waals surface area contributed by atoms with Gasteiger partial charge in [0.25, 0.3) is 0 Å². The Hall–Kier alpha value is -2.07. The van der Waals surface area contributed by atoms with Crippen molar-refractivity contribution in [1.29, 1.82) is 0 Å². The van der Waals surface area contributed by atoms with Crippen LogP contribution >= 0.6 is 0 Å². The molecule has 0 fully saturated rings. The quantitative estimate of drug-likeness (QED) is 0.388. The van der Waals surface area contributed by atoms with Crippen molar-refractivity contribution in [3.05, 3.63) is 42.7 Å². The number of allylic oxidation sites excluding steroid dienone is 1. The largest absolute Gasteiger partial charge is 0.744 e. The standard InChI is InChI=1S/C13H12O9S3.2H3N/c1-8(2)22-25(20,21)12-10-6-4-3-5-9(10)7-11(23(14,15)16)13(12)24(17,18)19;;/h3-7H,1H2,2H3,(H,14,15,16)(H,17,18,19);2*1H3. The first kappa shape index (κ1) is 24.9. The topological polar surface area (TPSA) is 231 Å². The Kier molecular flexibility index (Phi) is 7.29. The molecule has 0 atom stereocenters. The van der Waals surface area contributed by atoms with Gasteiger partial charge in [0.15, 0.2) is 0 Å². The smallest absolute Gasteiger partial charge is 0.340 e. The molecule has 0 saturated carbocycles. The molecule has 0 aliphatic carbocycles. The summed E-state index contributed by atoms with van der Waals surface area (Å²) in [5, 5.41) is -0.390. The predicted octanol–water partition coefficient (Wildman–Crippen LogP) is 1.64. The van der Waals surface area contributed by atoms with Gasteiger partial charge in [-0.2, -0.15) is 8.42 Å². The van der Waals surface area contributed by atoms with E-state index in [4.69, 9.17) is 0 Å². The van der Waals surface area contributed by atoms with Crippen LogP contribution in [0, 0.1) is 0 Å². The molecule has 0 aliphatic rings. The summed E-state index contributed by atoms with van der Waals surface area (Å²) in [6.45, 7) is 4.34. The van der Waals surface area contributed by atoms with Crippen LogP contribution in [0.3, 0.4) is 0 Å². The minimum atomic E-state index is -5.68. The average Bonchev–Trinajstić information content (AvgIpc) is 2.41. The van der Waals surface area contributed by atoms with Crippen molar-refractivity contribution >= 4 is 41.1 Å². The van der Waals surface area contributed by atoms with Crippen molar-refractivity contribution in [1.82, 2.24) is 12.3 Å². The van der Waals surface area contributed by atoms with Crippen LogP contribution in [0.5, 0.6) is 0 Å². The molecule has 0 saturated heterocycles. The zero-order valence-electron chi connectivity index (χ0n) is 14.5. The van der Waals surface area contributed by atoms with Gasteiger partial charge in [0.2, 0.25) is 0 Å². The molecule has 0 bridgehead atoms. The number of benzene rings is 2. The fourth-order valence-electron chi connectivity index (χ4n) is 2.17. The third-order valence-electron chi connectivity index (χ3n) is 2.94. The molecular formula is C13H18N2O9S3. The highest BCUT2D eigenvalue weighted by Gasteiger charge is 2.31. The van der Waals surface area contributed by atoms with E-state index in [0.717, 1.165) is 13.0 Å². The molecule has 14 heteroatoms. The molecule has 27 heavy (non-hydrogen) atoms. The van der Waals surface area contributed by atoms with E-state index in [1.165, 1.54) is 18.2 Å². The maximum Gasteiger partial charge on any atom is 0.340 e. The van der Waals surface area contributed by atoms with Gasteiger partial charge in [-0.15, -0.1) is 0 Å². The lowest BCUT2D eigenvalue weighted by Gasteiger charge is -2.21. The summed E-state index contributed by atoms with van der Waals surface area (Å²) in [6.07, 6.45) is 0. The number of hydrogen-bond acceptors (Lipinski definition) is 9. The van der Waals surface area contributed by atoms with Gasteiger partial charge < -0.3 is 25.6 Å².